The second kappa shape index (κ2) is 6.38. The van der Waals surface area contributed by atoms with E-state index in [0.717, 1.165) is 16.3 Å². The van der Waals surface area contributed by atoms with Gasteiger partial charge >= 0.3 is 0 Å². The second-order valence-corrected chi connectivity index (χ2v) is 7.58. The molecule has 0 radical (unpaired) electrons. The lowest BCUT2D eigenvalue weighted by Crippen LogP contribution is -2.13. The van der Waals surface area contributed by atoms with Gasteiger partial charge in [-0.15, -0.1) is 0 Å². The van der Waals surface area contributed by atoms with E-state index in [-0.39, 0.29) is 4.90 Å². The van der Waals surface area contributed by atoms with Crippen molar-refractivity contribution in [1.82, 2.24) is 4.98 Å². The van der Waals surface area contributed by atoms with Crippen LogP contribution in [0.15, 0.2) is 71.8 Å². The van der Waals surface area contributed by atoms with Crippen LogP contribution in [0, 0.1) is 0 Å². The number of rotatable bonds is 5. The van der Waals surface area contributed by atoms with Crippen LogP contribution in [0.2, 0.25) is 0 Å². The molecular formula is C20H18N2O3S. The summed E-state index contributed by atoms with van der Waals surface area (Å²) >= 11 is 0. The maximum atomic E-state index is 13.0. The zero-order valence-electron chi connectivity index (χ0n) is 14.2. The van der Waals surface area contributed by atoms with Crippen molar-refractivity contribution in [3.05, 3.63) is 66.9 Å². The molecule has 0 unspecified atom stereocenters. The van der Waals surface area contributed by atoms with Gasteiger partial charge in [-0.2, -0.15) is 0 Å². The molecule has 4 aromatic rings. The van der Waals surface area contributed by atoms with Crippen molar-refractivity contribution in [3.8, 4) is 5.75 Å². The van der Waals surface area contributed by atoms with Crippen LogP contribution < -0.4 is 9.46 Å². The molecule has 0 bridgehead atoms. The molecule has 5 nitrogen and oxygen atoms in total. The number of benzene rings is 3. The molecule has 132 valence electrons. The third-order valence-electron chi connectivity index (χ3n) is 4.24. The summed E-state index contributed by atoms with van der Waals surface area (Å²) in [6, 6.07) is 17.9. The molecule has 0 aliphatic heterocycles. The van der Waals surface area contributed by atoms with Crippen LogP contribution in [0.3, 0.4) is 0 Å². The number of anilines is 1. The molecule has 0 fully saturated rings. The Labute approximate surface area is 151 Å². The van der Waals surface area contributed by atoms with E-state index < -0.39 is 10.0 Å². The number of sulfonamides is 1. The zero-order valence-corrected chi connectivity index (χ0v) is 15.0. The van der Waals surface area contributed by atoms with Crippen LogP contribution >= 0.6 is 0 Å². The molecule has 2 N–H and O–H groups in total. The molecule has 0 amide bonds. The van der Waals surface area contributed by atoms with Crippen molar-refractivity contribution in [1.29, 1.82) is 0 Å². The Bertz CT molecular complexity index is 1200. The van der Waals surface area contributed by atoms with E-state index in [4.69, 9.17) is 4.74 Å². The molecule has 0 aliphatic carbocycles. The number of aromatic nitrogens is 1. The van der Waals surface area contributed by atoms with Gasteiger partial charge in [-0.05, 0) is 43.3 Å². The Balaban J connectivity index is 1.79. The lowest BCUT2D eigenvalue weighted by atomic mass is 10.1. The first-order chi connectivity index (χ1) is 12.6. The monoisotopic (exact) mass is 366 g/mol. The van der Waals surface area contributed by atoms with Crippen LogP contribution in [0.4, 0.5) is 5.69 Å². The highest BCUT2D eigenvalue weighted by Gasteiger charge is 2.19. The highest BCUT2D eigenvalue weighted by Crippen LogP contribution is 2.32. The third-order valence-corrected chi connectivity index (χ3v) is 5.68. The number of hydrogen-bond donors (Lipinski definition) is 2. The van der Waals surface area contributed by atoms with Crippen LogP contribution in [0.5, 0.6) is 5.75 Å². The summed E-state index contributed by atoms with van der Waals surface area (Å²) in [5.41, 5.74) is 1.48. The fourth-order valence-corrected chi connectivity index (χ4v) is 4.35. The molecule has 0 spiro atoms. The molecule has 26 heavy (non-hydrogen) atoms. The van der Waals surface area contributed by atoms with Gasteiger partial charge in [-0.25, -0.2) is 8.42 Å². The predicted molar refractivity (Wildman–Crippen MR) is 104 cm³/mol. The molecule has 0 atom stereocenters. The van der Waals surface area contributed by atoms with Crippen molar-refractivity contribution in [2.45, 2.75) is 11.8 Å². The number of aromatic amines is 1. The lowest BCUT2D eigenvalue weighted by molar-refractivity contribution is 0.344. The molecule has 0 saturated heterocycles. The maximum Gasteiger partial charge on any atom is 0.262 e. The SMILES string of the molecule is CCOc1ccc(S(=O)(=O)Nc2ccc3[nH]ccc3c2)c2ccccc12. The number of fused-ring (bicyclic) bond motifs is 2. The van der Waals surface area contributed by atoms with Gasteiger partial charge in [0.2, 0.25) is 0 Å². The molecule has 0 saturated carbocycles. The summed E-state index contributed by atoms with van der Waals surface area (Å²) in [7, 11) is -3.74. The maximum absolute atomic E-state index is 13.0. The van der Waals surface area contributed by atoms with Crippen molar-refractivity contribution in [2.75, 3.05) is 11.3 Å². The molecule has 1 aromatic heterocycles. The highest BCUT2D eigenvalue weighted by molar-refractivity contribution is 7.93. The number of ether oxygens (including phenoxy) is 1. The van der Waals surface area contributed by atoms with Gasteiger partial charge in [0.15, 0.2) is 0 Å². The normalized spacial score (nSPS) is 11.7. The summed E-state index contributed by atoms with van der Waals surface area (Å²) in [5.74, 6) is 0.677. The lowest BCUT2D eigenvalue weighted by Gasteiger charge is -2.13. The Kier molecular flexibility index (Phi) is 4.05. The topological polar surface area (TPSA) is 71.2 Å². The quantitative estimate of drug-likeness (QED) is 0.545. The minimum absolute atomic E-state index is 0.228. The van der Waals surface area contributed by atoms with Gasteiger partial charge in [-0.3, -0.25) is 4.72 Å². The van der Waals surface area contributed by atoms with Gasteiger partial charge in [0, 0.05) is 33.6 Å². The van der Waals surface area contributed by atoms with E-state index >= 15 is 0 Å². The Morgan fingerprint density at radius 1 is 1.00 bits per heavy atom. The van der Waals surface area contributed by atoms with Gasteiger partial charge in [-0.1, -0.05) is 24.3 Å². The molecule has 6 heteroatoms. The van der Waals surface area contributed by atoms with Gasteiger partial charge in [0.25, 0.3) is 10.0 Å². The fraction of sp³-hybridized carbons (Fsp3) is 0.100. The van der Waals surface area contributed by atoms with Crippen LogP contribution in [0.1, 0.15) is 6.92 Å². The van der Waals surface area contributed by atoms with E-state index in [1.807, 2.05) is 43.5 Å². The average Bonchev–Trinajstić information content (AvgIpc) is 3.09. The van der Waals surface area contributed by atoms with Crippen LogP contribution in [-0.4, -0.2) is 20.0 Å². The minimum Gasteiger partial charge on any atom is -0.493 e. The summed E-state index contributed by atoms with van der Waals surface area (Å²) in [6.07, 6.45) is 1.82. The minimum atomic E-state index is -3.74. The summed E-state index contributed by atoms with van der Waals surface area (Å²) in [5, 5.41) is 2.36. The van der Waals surface area contributed by atoms with Gasteiger partial charge in [0.05, 0.1) is 11.5 Å². The fourth-order valence-electron chi connectivity index (χ4n) is 3.09. The summed E-state index contributed by atoms with van der Waals surface area (Å²) in [6.45, 7) is 2.42. The van der Waals surface area contributed by atoms with Crippen molar-refractivity contribution in [2.24, 2.45) is 0 Å². The Morgan fingerprint density at radius 2 is 1.81 bits per heavy atom. The molecule has 4 rings (SSSR count). The standard InChI is InChI=1S/C20H18N2O3S/c1-2-25-19-9-10-20(17-6-4-3-5-16(17)19)26(23,24)22-15-7-8-18-14(13-15)11-12-21-18/h3-13,21-22H,2H2,1H3. The molecule has 1 heterocycles. The number of hydrogen-bond acceptors (Lipinski definition) is 3. The van der Waals surface area contributed by atoms with Crippen LogP contribution in [-0.2, 0) is 10.0 Å². The number of nitrogens with one attached hydrogen (secondary N) is 2. The molecule has 0 aliphatic rings. The van der Waals surface area contributed by atoms with Gasteiger partial charge < -0.3 is 9.72 Å². The van der Waals surface area contributed by atoms with E-state index in [2.05, 4.69) is 9.71 Å². The zero-order chi connectivity index (χ0) is 18.1. The summed E-state index contributed by atoms with van der Waals surface area (Å²) < 4.78 is 34.3. The Morgan fingerprint density at radius 3 is 2.62 bits per heavy atom. The second-order valence-electron chi connectivity index (χ2n) is 5.93. The van der Waals surface area contributed by atoms with E-state index in [0.29, 0.717) is 23.4 Å². The first kappa shape index (κ1) is 16.5. The largest absolute Gasteiger partial charge is 0.493 e. The smallest absolute Gasteiger partial charge is 0.262 e. The average molecular weight is 366 g/mol. The molecule has 3 aromatic carbocycles. The predicted octanol–water partition coefficient (Wildman–Crippen LogP) is 4.52. The third kappa shape index (κ3) is 2.88. The van der Waals surface area contributed by atoms with Gasteiger partial charge in [0.1, 0.15) is 5.75 Å². The molecular weight excluding hydrogens is 348 g/mol. The highest BCUT2D eigenvalue weighted by atomic mass is 32.2. The number of H-pyrrole nitrogens is 1. The Hall–Kier alpha value is -2.99. The van der Waals surface area contributed by atoms with E-state index in [9.17, 15) is 8.42 Å². The van der Waals surface area contributed by atoms with Crippen LogP contribution in [0.25, 0.3) is 21.7 Å². The van der Waals surface area contributed by atoms with E-state index in [1.165, 1.54) is 0 Å². The van der Waals surface area contributed by atoms with Crippen molar-refractivity contribution >= 4 is 37.4 Å². The first-order valence-corrected chi connectivity index (χ1v) is 9.81. The van der Waals surface area contributed by atoms with Crippen molar-refractivity contribution < 1.29 is 13.2 Å². The van der Waals surface area contributed by atoms with E-state index in [1.54, 1.807) is 30.3 Å². The first-order valence-electron chi connectivity index (χ1n) is 8.33. The summed E-state index contributed by atoms with van der Waals surface area (Å²) in [4.78, 5) is 3.32. The van der Waals surface area contributed by atoms with Crippen molar-refractivity contribution in [3.63, 3.8) is 0 Å².